The van der Waals surface area contributed by atoms with Gasteiger partial charge in [-0.05, 0) is 6.42 Å². The molecule has 0 aliphatic carbocycles. The van der Waals surface area contributed by atoms with E-state index in [1.807, 2.05) is 0 Å². The molecule has 0 radical (unpaired) electrons. The lowest BCUT2D eigenvalue weighted by Gasteiger charge is -2.28. The Kier molecular flexibility index (Phi) is 3.75. The van der Waals surface area contributed by atoms with E-state index in [-0.39, 0.29) is 0 Å². The van der Waals surface area contributed by atoms with Crippen LogP contribution in [0.5, 0.6) is 0 Å². The first-order valence-electron chi connectivity index (χ1n) is 5.45. The van der Waals surface area contributed by atoms with Gasteiger partial charge in [0.1, 0.15) is 0 Å². The van der Waals surface area contributed by atoms with Crippen molar-refractivity contribution in [2.45, 2.75) is 18.6 Å². The monoisotopic (exact) mass is 200 g/mol. The van der Waals surface area contributed by atoms with Crippen LogP contribution in [0.1, 0.15) is 6.42 Å². The molecule has 2 fully saturated rings. The van der Waals surface area contributed by atoms with E-state index in [0.29, 0.717) is 12.1 Å². The minimum absolute atomic E-state index is 0.418. The number of ether oxygens (including phenoxy) is 2. The van der Waals surface area contributed by atoms with Crippen LogP contribution in [0.3, 0.4) is 0 Å². The van der Waals surface area contributed by atoms with E-state index in [1.165, 1.54) is 0 Å². The van der Waals surface area contributed by atoms with E-state index in [9.17, 15) is 0 Å². The first-order chi connectivity index (χ1) is 6.88. The zero-order valence-corrected chi connectivity index (χ0v) is 8.87. The minimum Gasteiger partial charge on any atom is -0.380 e. The summed E-state index contributed by atoms with van der Waals surface area (Å²) in [6.07, 6.45) is 1.56. The van der Waals surface area contributed by atoms with Gasteiger partial charge in [-0.3, -0.25) is 4.90 Å². The molecule has 1 N–H and O–H groups in total. The largest absolute Gasteiger partial charge is 0.380 e. The Balaban J connectivity index is 1.69. The van der Waals surface area contributed by atoms with Crippen LogP contribution in [0.4, 0.5) is 0 Å². The Bertz CT molecular complexity index is 172. The molecule has 14 heavy (non-hydrogen) atoms. The SMILES string of the molecule is CO[C@@H]1CN[C@H](CN2CCOCC2)C1. The highest BCUT2D eigenvalue weighted by atomic mass is 16.5. The number of hydrogen-bond acceptors (Lipinski definition) is 4. The normalized spacial score (nSPS) is 34.9. The molecule has 0 bridgehead atoms. The van der Waals surface area contributed by atoms with Crippen molar-refractivity contribution < 1.29 is 9.47 Å². The molecule has 0 aromatic carbocycles. The average molecular weight is 200 g/mol. The average Bonchev–Trinajstić information content (AvgIpc) is 2.67. The molecule has 0 saturated carbocycles. The molecule has 4 nitrogen and oxygen atoms in total. The van der Waals surface area contributed by atoms with Gasteiger partial charge in [0.05, 0.1) is 19.3 Å². The number of nitrogens with one attached hydrogen (secondary N) is 1. The third-order valence-corrected chi connectivity index (χ3v) is 3.10. The first kappa shape index (κ1) is 10.4. The molecule has 0 aromatic heterocycles. The standard InChI is InChI=1S/C10H20N2O2/c1-13-10-6-9(11-7-10)8-12-2-4-14-5-3-12/h9-11H,2-8H2,1H3/t9-,10-/m0/s1. The van der Waals surface area contributed by atoms with E-state index >= 15 is 0 Å². The number of methoxy groups -OCH3 is 1. The fourth-order valence-corrected chi connectivity index (χ4v) is 2.20. The van der Waals surface area contributed by atoms with Gasteiger partial charge >= 0.3 is 0 Å². The Morgan fingerprint density at radius 1 is 1.43 bits per heavy atom. The molecule has 0 amide bonds. The van der Waals surface area contributed by atoms with Crippen molar-refractivity contribution in [3.8, 4) is 0 Å². The molecule has 2 atom stereocenters. The molecule has 0 unspecified atom stereocenters. The quantitative estimate of drug-likeness (QED) is 0.678. The molecule has 0 spiro atoms. The van der Waals surface area contributed by atoms with Gasteiger partial charge in [0.25, 0.3) is 0 Å². The maximum atomic E-state index is 5.32. The lowest BCUT2D eigenvalue weighted by atomic mass is 10.2. The molecule has 2 heterocycles. The summed E-state index contributed by atoms with van der Waals surface area (Å²) in [5.74, 6) is 0. The Hall–Kier alpha value is -0.160. The van der Waals surface area contributed by atoms with Gasteiger partial charge in [0.2, 0.25) is 0 Å². The Morgan fingerprint density at radius 2 is 2.21 bits per heavy atom. The summed E-state index contributed by atoms with van der Waals surface area (Å²) in [7, 11) is 1.80. The van der Waals surface area contributed by atoms with Gasteiger partial charge in [-0.25, -0.2) is 0 Å². The van der Waals surface area contributed by atoms with Gasteiger partial charge in [0, 0.05) is 39.3 Å². The summed E-state index contributed by atoms with van der Waals surface area (Å²) in [6.45, 7) is 6.08. The zero-order valence-electron chi connectivity index (χ0n) is 8.87. The van der Waals surface area contributed by atoms with Crippen molar-refractivity contribution in [2.24, 2.45) is 0 Å². The van der Waals surface area contributed by atoms with Crippen LogP contribution in [0.15, 0.2) is 0 Å². The highest BCUT2D eigenvalue weighted by Crippen LogP contribution is 2.11. The van der Waals surface area contributed by atoms with Crippen LogP contribution in [0.25, 0.3) is 0 Å². The van der Waals surface area contributed by atoms with Gasteiger partial charge in [-0.2, -0.15) is 0 Å². The van der Waals surface area contributed by atoms with E-state index in [2.05, 4.69) is 10.2 Å². The molecular formula is C10H20N2O2. The lowest BCUT2D eigenvalue weighted by molar-refractivity contribution is 0.0334. The number of morpholine rings is 1. The van der Waals surface area contributed by atoms with Crippen molar-refractivity contribution in [3.05, 3.63) is 0 Å². The van der Waals surface area contributed by atoms with Crippen LogP contribution in [0, 0.1) is 0 Å². The highest BCUT2D eigenvalue weighted by Gasteiger charge is 2.25. The summed E-state index contributed by atoms with van der Waals surface area (Å²) >= 11 is 0. The van der Waals surface area contributed by atoms with Crippen LogP contribution in [-0.2, 0) is 9.47 Å². The van der Waals surface area contributed by atoms with E-state index in [1.54, 1.807) is 7.11 Å². The molecule has 2 aliphatic rings. The van der Waals surface area contributed by atoms with E-state index < -0.39 is 0 Å². The van der Waals surface area contributed by atoms with Gasteiger partial charge in [-0.1, -0.05) is 0 Å². The van der Waals surface area contributed by atoms with Gasteiger partial charge in [-0.15, -0.1) is 0 Å². The van der Waals surface area contributed by atoms with Crippen LogP contribution in [0.2, 0.25) is 0 Å². The van der Waals surface area contributed by atoms with Crippen LogP contribution >= 0.6 is 0 Å². The van der Waals surface area contributed by atoms with Crippen molar-refractivity contribution >= 4 is 0 Å². The Labute approximate surface area is 85.5 Å². The molecule has 82 valence electrons. The summed E-state index contributed by atoms with van der Waals surface area (Å²) in [5.41, 5.74) is 0. The minimum atomic E-state index is 0.418. The predicted molar refractivity (Wildman–Crippen MR) is 54.5 cm³/mol. The first-order valence-corrected chi connectivity index (χ1v) is 5.45. The summed E-state index contributed by atoms with van der Waals surface area (Å²) in [5, 5.41) is 3.50. The maximum absolute atomic E-state index is 5.32. The van der Waals surface area contributed by atoms with Crippen LogP contribution < -0.4 is 5.32 Å². The second kappa shape index (κ2) is 5.07. The highest BCUT2D eigenvalue weighted by molar-refractivity contribution is 4.84. The number of rotatable bonds is 3. The molecule has 2 rings (SSSR count). The second-order valence-corrected chi connectivity index (χ2v) is 4.11. The summed E-state index contributed by atoms with van der Waals surface area (Å²) < 4.78 is 10.6. The van der Waals surface area contributed by atoms with Crippen molar-refractivity contribution in [3.63, 3.8) is 0 Å². The van der Waals surface area contributed by atoms with Gasteiger partial charge in [0.15, 0.2) is 0 Å². The smallest absolute Gasteiger partial charge is 0.0711 e. The Morgan fingerprint density at radius 3 is 2.86 bits per heavy atom. The third-order valence-electron chi connectivity index (χ3n) is 3.10. The molecule has 2 saturated heterocycles. The second-order valence-electron chi connectivity index (χ2n) is 4.11. The third kappa shape index (κ3) is 2.67. The fourth-order valence-electron chi connectivity index (χ4n) is 2.20. The summed E-state index contributed by atoms with van der Waals surface area (Å²) in [4.78, 5) is 2.47. The van der Waals surface area contributed by atoms with Crippen molar-refractivity contribution in [2.75, 3.05) is 46.5 Å². The number of hydrogen-bond donors (Lipinski definition) is 1. The predicted octanol–water partition coefficient (Wildman–Crippen LogP) is -0.304. The van der Waals surface area contributed by atoms with E-state index in [0.717, 1.165) is 45.8 Å². The zero-order chi connectivity index (χ0) is 9.80. The van der Waals surface area contributed by atoms with Crippen LogP contribution in [-0.4, -0.2) is 63.5 Å². The molecule has 0 aromatic rings. The lowest BCUT2D eigenvalue weighted by Crippen LogP contribution is -2.43. The molecule has 4 heteroatoms. The van der Waals surface area contributed by atoms with Gasteiger partial charge < -0.3 is 14.8 Å². The number of nitrogens with zero attached hydrogens (tertiary/aromatic N) is 1. The molecule has 2 aliphatic heterocycles. The topological polar surface area (TPSA) is 33.7 Å². The molecular weight excluding hydrogens is 180 g/mol. The van der Waals surface area contributed by atoms with E-state index in [4.69, 9.17) is 9.47 Å². The maximum Gasteiger partial charge on any atom is 0.0711 e. The van der Waals surface area contributed by atoms with Crippen molar-refractivity contribution in [1.29, 1.82) is 0 Å². The van der Waals surface area contributed by atoms with Crippen molar-refractivity contribution in [1.82, 2.24) is 10.2 Å². The summed E-state index contributed by atoms with van der Waals surface area (Å²) in [6, 6.07) is 0.609. The fraction of sp³-hybridized carbons (Fsp3) is 1.00.